The van der Waals surface area contributed by atoms with Crippen LogP contribution in [-0.4, -0.2) is 67.2 Å². The molecule has 0 aliphatic rings. The maximum atomic E-state index is 5.59. The summed E-state index contributed by atoms with van der Waals surface area (Å²) in [6, 6.07) is 8.95. The van der Waals surface area contributed by atoms with Gasteiger partial charge < -0.3 is 19.5 Å². The lowest BCUT2D eigenvalue weighted by Crippen LogP contribution is -2.27. The lowest BCUT2D eigenvalue weighted by Gasteiger charge is -2.09. The summed E-state index contributed by atoms with van der Waals surface area (Å²) in [6.45, 7) is 11.5. The van der Waals surface area contributed by atoms with Crippen molar-refractivity contribution >= 4 is 0 Å². The molecule has 0 atom stereocenters. The highest BCUT2D eigenvalue weighted by Crippen LogP contribution is 2.08. The fourth-order valence-corrected chi connectivity index (χ4v) is 2.68. The molecule has 0 saturated heterocycles. The van der Waals surface area contributed by atoms with Crippen LogP contribution in [0.25, 0.3) is 0 Å². The van der Waals surface area contributed by atoms with E-state index in [2.05, 4.69) is 60.7 Å². The molecule has 2 rings (SSSR count). The van der Waals surface area contributed by atoms with E-state index in [1.807, 2.05) is 10.9 Å². The SMILES string of the molecule is Cc1cccc(Cc2cn(CCOCCOCCOCCNC(C)C)nn2)c1. The van der Waals surface area contributed by atoms with E-state index in [9.17, 15) is 0 Å². The average Bonchev–Trinajstić information content (AvgIpc) is 3.09. The zero-order valence-corrected chi connectivity index (χ0v) is 17.4. The molecule has 1 heterocycles. The predicted octanol–water partition coefficient (Wildman–Crippen LogP) is 2.23. The molecule has 0 aliphatic heterocycles. The smallest absolute Gasteiger partial charge is 0.0870 e. The monoisotopic (exact) mass is 390 g/mol. The van der Waals surface area contributed by atoms with Crippen LogP contribution in [0.3, 0.4) is 0 Å². The Hall–Kier alpha value is -1.80. The van der Waals surface area contributed by atoms with Crippen LogP contribution in [0.2, 0.25) is 0 Å². The average molecular weight is 391 g/mol. The van der Waals surface area contributed by atoms with Crippen molar-refractivity contribution in [1.82, 2.24) is 20.3 Å². The second kappa shape index (κ2) is 13.4. The predicted molar refractivity (Wildman–Crippen MR) is 110 cm³/mol. The Morgan fingerprint density at radius 2 is 1.71 bits per heavy atom. The van der Waals surface area contributed by atoms with Gasteiger partial charge in [0.1, 0.15) is 0 Å². The van der Waals surface area contributed by atoms with Crippen LogP contribution in [0.5, 0.6) is 0 Å². The van der Waals surface area contributed by atoms with Crippen LogP contribution >= 0.6 is 0 Å². The summed E-state index contributed by atoms with van der Waals surface area (Å²) in [5.74, 6) is 0. The molecule has 0 radical (unpaired) electrons. The highest BCUT2D eigenvalue weighted by molar-refractivity contribution is 5.25. The van der Waals surface area contributed by atoms with Gasteiger partial charge in [-0.3, -0.25) is 0 Å². The standard InChI is InChI=1S/C21H34N4O3/c1-18(2)22-7-9-26-11-13-28-14-12-27-10-8-25-17-21(23-24-25)16-20-6-4-5-19(3)15-20/h4-6,15,17-18,22H,7-14,16H2,1-3H3. The van der Waals surface area contributed by atoms with Crippen molar-refractivity contribution in [3.8, 4) is 0 Å². The summed E-state index contributed by atoms with van der Waals surface area (Å²) in [7, 11) is 0. The lowest BCUT2D eigenvalue weighted by atomic mass is 10.1. The van der Waals surface area contributed by atoms with Crippen molar-refractivity contribution in [3.05, 3.63) is 47.3 Å². The van der Waals surface area contributed by atoms with Gasteiger partial charge >= 0.3 is 0 Å². The number of nitrogens with one attached hydrogen (secondary N) is 1. The summed E-state index contributed by atoms with van der Waals surface area (Å²) in [6.07, 6.45) is 2.78. The highest BCUT2D eigenvalue weighted by Gasteiger charge is 2.03. The first-order valence-corrected chi connectivity index (χ1v) is 10.0. The summed E-state index contributed by atoms with van der Waals surface area (Å²) in [5, 5.41) is 11.7. The van der Waals surface area contributed by atoms with Crippen molar-refractivity contribution in [2.24, 2.45) is 0 Å². The summed E-state index contributed by atoms with van der Waals surface area (Å²) < 4.78 is 18.4. The molecule has 0 amide bonds. The van der Waals surface area contributed by atoms with Crippen LogP contribution in [0.15, 0.2) is 30.5 Å². The van der Waals surface area contributed by atoms with Crippen molar-refractivity contribution in [2.75, 3.05) is 46.2 Å². The third-order valence-electron chi connectivity index (χ3n) is 4.06. The molecule has 1 aromatic heterocycles. The Morgan fingerprint density at radius 1 is 1.00 bits per heavy atom. The Labute approximate surface area is 168 Å². The van der Waals surface area contributed by atoms with Crippen LogP contribution in [0, 0.1) is 6.92 Å². The quantitative estimate of drug-likeness (QED) is 0.470. The normalized spacial score (nSPS) is 11.4. The number of ether oxygens (including phenoxy) is 3. The Bertz CT molecular complexity index is 661. The molecule has 7 heteroatoms. The molecule has 0 saturated carbocycles. The fourth-order valence-electron chi connectivity index (χ4n) is 2.68. The van der Waals surface area contributed by atoms with Gasteiger partial charge in [-0.1, -0.05) is 48.9 Å². The number of nitrogens with zero attached hydrogens (tertiary/aromatic N) is 3. The first-order valence-electron chi connectivity index (χ1n) is 10.0. The van der Waals surface area contributed by atoms with Gasteiger partial charge in [-0.2, -0.15) is 0 Å². The maximum absolute atomic E-state index is 5.59. The van der Waals surface area contributed by atoms with Gasteiger partial charge in [0, 0.05) is 25.2 Å². The topological polar surface area (TPSA) is 70.4 Å². The number of hydrogen-bond acceptors (Lipinski definition) is 6. The van der Waals surface area contributed by atoms with Gasteiger partial charge in [0.05, 0.1) is 51.9 Å². The van der Waals surface area contributed by atoms with Crippen molar-refractivity contribution in [2.45, 2.75) is 39.8 Å². The molecule has 0 bridgehead atoms. The Kier molecular flexibility index (Phi) is 10.8. The summed E-state index contributed by atoms with van der Waals surface area (Å²) >= 11 is 0. The van der Waals surface area contributed by atoms with E-state index in [1.165, 1.54) is 11.1 Å². The molecule has 0 aliphatic carbocycles. The Morgan fingerprint density at radius 3 is 2.43 bits per heavy atom. The minimum absolute atomic E-state index is 0.495. The third-order valence-corrected chi connectivity index (χ3v) is 4.06. The zero-order chi connectivity index (χ0) is 20.0. The molecule has 7 nitrogen and oxygen atoms in total. The highest BCUT2D eigenvalue weighted by atomic mass is 16.5. The minimum atomic E-state index is 0.495. The van der Waals surface area contributed by atoms with Crippen molar-refractivity contribution in [3.63, 3.8) is 0 Å². The van der Waals surface area contributed by atoms with Crippen molar-refractivity contribution in [1.29, 1.82) is 0 Å². The third kappa shape index (κ3) is 9.94. The first kappa shape index (κ1) is 22.5. The molecule has 156 valence electrons. The molecule has 1 aromatic carbocycles. The second-order valence-corrected chi connectivity index (χ2v) is 7.08. The van der Waals surface area contributed by atoms with Gasteiger partial charge in [-0.15, -0.1) is 5.10 Å². The molecule has 2 aromatic rings. The van der Waals surface area contributed by atoms with E-state index in [4.69, 9.17) is 14.2 Å². The van der Waals surface area contributed by atoms with Crippen LogP contribution in [0.4, 0.5) is 0 Å². The van der Waals surface area contributed by atoms with Crippen LogP contribution in [-0.2, 0) is 27.2 Å². The number of aromatic nitrogens is 3. The number of rotatable bonds is 15. The molecule has 1 N–H and O–H groups in total. The van der Waals surface area contributed by atoms with E-state index in [-0.39, 0.29) is 0 Å². The van der Waals surface area contributed by atoms with Gasteiger partial charge in [0.25, 0.3) is 0 Å². The molecular weight excluding hydrogens is 356 g/mol. The molecular formula is C21H34N4O3. The number of hydrogen-bond donors (Lipinski definition) is 1. The largest absolute Gasteiger partial charge is 0.378 e. The number of benzene rings is 1. The second-order valence-electron chi connectivity index (χ2n) is 7.08. The fraction of sp³-hybridized carbons (Fsp3) is 0.619. The van der Waals surface area contributed by atoms with Gasteiger partial charge in [0.2, 0.25) is 0 Å². The summed E-state index contributed by atoms with van der Waals surface area (Å²) in [4.78, 5) is 0. The molecule has 0 unspecified atom stereocenters. The van der Waals surface area contributed by atoms with Crippen molar-refractivity contribution < 1.29 is 14.2 Å². The zero-order valence-electron chi connectivity index (χ0n) is 17.4. The Balaban J connectivity index is 1.45. The van der Waals surface area contributed by atoms with Gasteiger partial charge in [-0.05, 0) is 12.5 Å². The van der Waals surface area contributed by atoms with E-state index < -0.39 is 0 Å². The molecule has 0 fully saturated rings. The van der Waals surface area contributed by atoms with E-state index in [1.54, 1.807) is 0 Å². The van der Waals surface area contributed by atoms with Crippen LogP contribution in [0.1, 0.15) is 30.7 Å². The van der Waals surface area contributed by atoms with E-state index in [0.29, 0.717) is 52.2 Å². The molecule has 0 spiro atoms. The summed E-state index contributed by atoms with van der Waals surface area (Å²) in [5.41, 5.74) is 3.48. The maximum Gasteiger partial charge on any atom is 0.0870 e. The molecule has 28 heavy (non-hydrogen) atoms. The lowest BCUT2D eigenvalue weighted by molar-refractivity contribution is 0.0131. The minimum Gasteiger partial charge on any atom is -0.378 e. The van der Waals surface area contributed by atoms with Gasteiger partial charge in [0.15, 0.2) is 0 Å². The van der Waals surface area contributed by atoms with Crippen LogP contribution < -0.4 is 5.32 Å². The van der Waals surface area contributed by atoms with E-state index in [0.717, 1.165) is 18.7 Å². The van der Waals surface area contributed by atoms with Gasteiger partial charge in [-0.25, -0.2) is 4.68 Å². The first-order chi connectivity index (χ1) is 13.6. The number of aryl methyl sites for hydroxylation is 1. The van der Waals surface area contributed by atoms with E-state index >= 15 is 0 Å².